The van der Waals surface area contributed by atoms with Crippen molar-refractivity contribution in [2.45, 2.75) is 6.92 Å². The van der Waals surface area contributed by atoms with E-state index in [2.05, 4.69) is 15.0 Å². The van der Waals surface area contributed by atoms with Crippen LogP contribution in [0.4, 0.5) is 4.39 Å². The topological polar surface area (TPSA) is 38.7 Å². The predicted molar refractivity (Wildman–Crippen MR) is 72.5 cm³/mol. The number of hydrogen-bond donors (Lipinski definition) is 0. The molecule has 0 aliphatic rings. The average Bonchev–Trinajstić information content (AvgIpc) is 2.38. The summed E-state index contributed by atoms with van der Waals surface area (Å²) in [7, 11) is 0. The summed E-state index contributed by atoms with van der Waals surface area (Å²) in [6.45, 7) is 1.88. The van der Waals surface area contributed by atoms with Gasteiger partial charge in [0, 0.05) is 21.7 Å². The first kappa shape index (κ1) is 12.0. The summed E-state index contributed by atoms with van der Waals surface area (Å²) >= 11 is 5.76. The molecule has 0 fully saturated rings. The minimum atomic E-state index is -0.409. The summed E-state index contributed by atoms with van der Waals surface area (Å²) < 4.78 is 14.0. The Balaban J connectivity index is 2.30. The first-order valence-corrected chi connectivity index (χ1v) is 6.07. The van der Waals surface area contributed by atoms with E-state index in [1.807, 2.05) is 19.1 Å². The fraction of sp³-hybridized carbons (Fsp3) is 0.0714. The summed E-state index contributed by atoms with van der Waals surface area (Å²) in [5.74, 6) is -0.409. The lowest BCUT2D eigenvalue weighted by Crippen LogP contribution is -1.94. The van der Waals surface area contributed by atoms with Crippen LogP contribution < -0.4 is 0 Å². The normalized spacial score (nSPS) is 10.9. The predicted octanol–water partition coefficient (Wildman–Crippen LogP) is 3.79. The van der Waals surface area contributed by atoms with Crippen LogP contribution in [0.1, 0.15) is 5.69 Å². The van der Waals surface area contributed by atoms with Crippen LogP contribution >= 0.6 is 11.6 Å². The maximum atomic E-state index is 14.0. The second-order valence-corrected chi connectivity index (χ2v) is 4.61. The highest BCUT2D eigenvalue weighted by Crippen LogP contribution is 2.28. The minimum Gasteiger partial charge on any atom is -0.235 e. The maximum Gasteiger partial charge on any atom is 0.163 e. The smallest absolute Gasteiger partial charge is 0.163 e. The molecule has 0 aliphatic carbocycles. The molecule has 2 heterocycles. The number of aryl methyl sites for hydroxylation is 1. The number of hydrogen-bond acceptors (Lipinski definition) is 3. The highest BCUT2D eigenvalue weighted by Gasteiger charge is 2.11. The Labute approximate surface area is 114 Å². The van der Waals surface area contributed by atoms with Crippen LogP contribution in [0.3, 0.4) is 0 Å². The van der Waals surface area contributed by atoms with Gasteiger partial charge in [0.05, 0.1) is 5.69 Å². The number of aromatic nitrogens is 3. The third-order valence-electron chi connectivity index (χ3n) is 2.82. The molecule has 0 aliphatic heterocycles. The summed E-state index contributed by atoms with van der Waals surface area (Å²) in [5, 5.41) is 1.07. The quantitative estimate of drug-likeness (QED) is 0.677. The van der Waals surface area contributed by atoms with Gasteiger partial charge in [0.15, 0.2) is 5.65 Å². The third-order valence-corrected chi connectivity index (χ3v) is 3.06. The number of nitrogens with zero attached hydrogens (tertiary/aromatic N) is 3. The van der Waals surface area contributed by atoms with E-state index in [0.717, 1.165) is 5.69 Å². The van der Waals surface area contributed by atoms with Gasteiger partial charge in [0.25, 0.3) is 0 Å². The SMILES string of the molecule is Cc1ccc2c(-c3ccc(Cl)cc3F)ncnc2n1. The zero-order chi connectivity index (χ0) is 13.4. The molecule has 3 nitrogen and oxygen atoms in total. The summed E-state index contributed by atoms with van der Waals surface area (Å²) in [5.41, 5.74) is 2.32. The number of halogens is 2. The molecule has 3 rings (SSSR count). The van der Waals surface area contributed by atoms with Gasteiger partial charge in [-0.2, -0.15) is 0 Å². The summed E-state index contributed by atoms with van der Waals surface area (Å²) in [4.78, 5) is 12.6. The number of rotatable bonds is 1. The average molecular weight is 274 g/mol. The molecule has 0 atom stereocenters. The second kappa shape index (κ2) is 4.55. The number of pyridine rings is 1. The van der Waals surface area contributed by atoms with Crippen LogP contribution in [-0.2, 0) is 0 Å². The molecule has 0 bridgehead atoms. The van der Waals surface area contributed by atoms with E-state index in [1.54, 1.807) is 12.1 Å². The van der Waals surface area contributed by atoms with E-state index in [4.69, 9.17) is 11.6 Å². The molecule has 0 radical (unpaired) electrons. The van der Waals surface area contributed by atoms with Crippen LogP contribution in [0.25, 0.3) is 22.3 Å². The van der Waals surface area contributed by atoms with Crippen molar-refractivity contribution in [1.29, 1.82) is 0 Å². The van der Waals surface area contributed by atoms with Crippen molar-refractivity contribution in [3.63, 3.8) is 0 Å². The Morgan fingerprint density at radius 3 is 2.74 bits per heavy atom. The molecular weight excluding hydrogens is 265 g/mol. The molecule has 0 unspecified atom stereocenters. The molecule has 94 valence electrons. The largest absolute Gasteiger partial charge is 0.235 e. The van der Waals surface area contributed by atoms with Gasteiger partial charge in [0.1, 0.15) is 12.1 Å². The van der Waals surface area contributed by atoms with Gasteiger partial charge in [0.2, 0.25) is 0 Å². The van der Waals surface area contributed by atoms with E-state index in [1.165, 1.54) is 12.4 Å². The van der Waals surface area contributed by atoms with Gasteiger partial charge in [-0.3, -0.25) is 0 Å². The van der Waals surface area contributed by atoms with Gasteiger partial charge >= 0.3 is 0 Å². The van der Waals surface area contributed by atoms with Crippen molar-refractivity contribution in [3.8, 4) is 11.3 Å². The van der Waals surface area contributed by atoms with Crippen LogP contribution in [0.2, 0.25) is 5.02 Å². The minimum absolute atomic E-state index is 0.355. The first-order chi connectivity index (χ1) is 9.15. The highest BCUT2D eigenvalue weighted by atomic mass is 35.5. The fourth-order valence-electron chi connectivity index (χ4n) is 1.93. The Kier molecular flexibility index (Phi) is 2.87. The van der Waals surface area contributed by atoms with Crippen molar-refractivity contribution < 1.29 is 4.39 Å². The zero-order valence-corrected chi connectivity index (χ0v) is 10.8. The van der Waals surface area contributed by atoms with Crippen molar-refractivity contribution in [2.75, 3.05) is 0 Å². The van der Waals surface area contributed by atoms with Crippen LogP contribution in [-0.4, -0.2) is 15.0 Å². The van der Waals surface area contributed by atoms with Crippen molar-refractivity contribution in [1.82, 2.24) is 15.0 Å². The lowest BCUT2D eigenvalue weighted by molar-refractivity contribution is 0.631. The molecule has 19 heavy (non-hydrogen) atoms. The highest BCUT2D eigenvalue weighted by molar-refractivity contribution is 6.30. The van der Waals surface area contributed by atoms with E-state index in [0.29, 0.717) is 27.3 Å². The third kappa shape index (κ3) is 2.15. The molecule has 0 amide bonds. The van der Waals surface area contributed by atoms with Gasteiger partial charge < -0.3 is 0 Å². The Morgan fingerprint density at radius 2 is 1.95 bits per heavy atom. The molecule has 0 saturated carbocycles. The van der Waals surface area contributed by atoms with Gasteiger partial charge in [-0.15, -0.1) is 0 Å². The van der Waals surface area contributed by atoms with Gasteiger partial charge in [-0.1, -0.05) is 11.6 Å². The maximum absolute atomic E-state index is 14.0. The number of benzene rings is 1. The standard InChI is InChI=1S/C14H9ClFN3/c1-8-2-4-11-13(17-7-18-14(11)19-8)10-5-3-9(15)6-12(10)16/h2-7H,1H3. The Bertz CT molecular complexity index is 774. The molecule has 0 saturated heterocycles. The van der Waals surface area contributed by atoms with E-state index in [-0.39, 0.29) is 0 Å². The first-order valence-electron chi connectivity index (χ1n) is 5.69. The van der Waals surface area contributed by atoms with Gasteiger partial charge in [-0.05, 0) is 37.3 Å². The van der Waals surface area contributed by atoms with Crippen molar-refractivity contribution in [3.05, 3.63) is 53.2 Å². The zero-order valence-electron chi connectivity index (χ0n) is 10.1. The van der Waals surface area contributed by atoms with E-state index in [9.17, 15) is 4.39 Å². The molecule has 2 aromatic heterocycles. The monoisotopic (exact) mass is 273 g/mol. The van der Waals surface area contributed by atoms with Crippen LogP contribution in [0.5, 0.6) is 0 Å². The molecule has 0 spiro atoms. The lowest BCUT2D eigenvalue weighted by atomic mass is 10.1. The van der Waals surface area contributed by atoms with Crippen LogP contribution in [0, 0.1) is 12.7 Å². The molecule has 0 N–H and O–H groups in total. The second-order valence-electron chi connectivity index (χ2n) is 4.17. The molecule has 5 heteroatoms. The molecule has 1 aromatic carbocycles. The van der Waals surface area contributed by atoms with E-state index >= 15 is 0 Å². The van der Waals surface area contributed by atoms with Crippen molar-refractivity contribution >= 4 is 22.6 Å². The van der Waals surface area contributed by atoms with Crippen molar-refractivity contribution in [2.24, 2.45) is 0 Å². The van der Waals surface area contributed by atoms with Gasteiger partial charge in [-0.25, -0.2) is 19.3 Å². The van der Waals surface area contributed by atoms with E-state index < -0.39 is 5.82 Å². The van der Waals surface area contributed by atoms with Crippen LogP contribution in [0.15, 0.2) is 36.7 Å². The fourth-order valence-corrected chi connectivity index (χ4v) is 2.09. The number of fused-ring (bicyclic) bond motifs is 1. The summed E-state index contributed by atoms with van der Waals surface area (Å²) in [6.07, 6.45) is 1.39. The molecule has 3 aromatic rings. The Morgan fingerprint density at radius 1 is 1.11 bits per heavy atom. The lowest BCUT2D eigenvalue weighted by Gasteiger charge is -2.06. The summed E-state index contributed by atoms with van der Waals surface area (Å²) in [6, 6.07) is 8.21. The molecular formula is C14H9ClFN3. The Hall–Kier alpha value is -2.07.